The third-order valence-corrected chi connectivity index (χ3v) is 7.10. The molecule has 9 heteroatoms. The fourth-order valence-corrected chi connectivity index (χ4v) is 5.40. The molecule has 3 aromatic carbocycles. The van der Waals surface area contributed by atoms with Gasteiger partial charge in [-0.05, 0) is 49.2 Å². The van der Waals surface area contributed by atoms with E-state index in [0.29, 0.717) is 46.1 Å². The van der Waals surface area contributed by atoms with E-state index in [0.717, 1.165) is 17.8 Å². The standard InChI is InChI=1S/C29H25FN2O5S/c1-3-14-37-21-13-10-18(15-22(21)36-4-2)25-24(26(33)17-8-6-5-7-9-17)27(34)28(35)32(25)29-31-20-12-11-19(30)16-23(20)38-29/h5-13,15-16,25,33H,3-4,14H2,1-2H3. The molecule has 1 fully saturated rings. The third-order valence-electron chi connectivity index (χ3n) is 6.08. The van der Waals surface area contributed by atoms with Gasteiger partial charge < -0.3 is 14.6 Å². The van der Waals surface area contributed by atoms with Crippen molar-refractivity contribution in [2.45, 2.75) is 26.3 Å². The smallest absolute Gasteiger partial charge is 0.301 e. The maximum Gasteiger partial charge on any atom is 0.301 e. The van der Waals surface area contributed by atoms with Gasteiger partial charge in [-0.2, -0.15) is 0 Å². The second-order valence-electron chi connectivity index (χ2n) is 8.63. The van der Waals surface area contributed by atoms with E-state index in [1.807, 2.05) is 13.8 Å². The van der Waals surface area contributed by atoms with Crippen LogP contribution in [0.1, 0.15) is 37.4 Å². The molecule has 1 aliphatic heterocycles. The van der Waals surface area contributed by atoms with Crippen LogP contribution in [0, 0.1) is 5.82 Å². The van der Waals surface area contributed by atoms with E-state index in [1.165, 1.54) is 23.1 Å². The van der Waals surface area contributed by atoms with Crippen molar-refractivity contribution in [1.82, 2.24) is 4.98 Å². The summed E-state index contributed by atoms with van der Waals surface area (Å²) in [6.45, 7) is 4.71. The van der Waals surface area contributed by atoms with Gasteiger partial charge in [-0.25, -0.2) is 9.37 Å². The van der Waals surface area contributed by atoms with Crippen molar-refractivity contribution in [1.29, 1.82) is 0 Å². The number of aromatic nitrogens is 1. The summed E-state index contributed by atoms with van der Waals surface area (Å²) in [6.07, 6.45) is 0.808. The Labute approximate surface area is 222 Å². The number of halogens is 1. The number of aliphatic hydroxyl groups excluding tert-OH is 1. The topological polar surface area (TPSA) is 89.0 Å². The van der Waals surface area contributed by atoms with E-state index in [2.05, 4.69) is 4.98 Å². The van der Waals surface area contributed by atoms with Gasteiger partial charge in [-0.15, -0.1) is 0 Å². The number of amides is 1. The molecule has 1 N–H and O–H groups in total. The highest BCUT2D eigenvalue weighted by molar-refractivity contribution is 7.22. The van der Waals surface area contributed by atoms with Crippen LogP contribution < -0.4 is 14.4 Å². The minimum Gasteiger partial charge on any atom is -0.507 e. The lowest BCUT2D eigenvalue weighted by atomic mass is 9.95. The average Bonchev–Trinajstić information content (AvgIpc) is 3.45. The Bertz CT molecular complexity index is 1550. The number of carbonyl (C=O) groups excluding carboxylic acids is 2. The number of rotatable bonds is 8. The van der Waals surface area contributed by atoms with Crippen LogP contribution in [-0.2, 0) is 9.59 Å². The second-order valence-corrected chi connectivity index (χ2v) is 9.64. The van der Waals surface area contributed by atoms with Crippen LogP contribution in [0.2, 0.25) is 0 Å². The molecule has 0 spiro atoms. The van der Waals surface area contributed by atoms with E-state index in [-0.39, 0.29) is 16.5 Å². The molecule has 1 aliphatic rings. The summed E-state index contributed by atoms with van der Waals surface area (Å²) in [5.41, 5.74) is 1.35. The van der Waals surface area contributed by atoms with E-state index < -0.39 is 23.5 Å². The monoisotopic (exact) mass is 532 g/mol. The van der Waals surface area contributed by atoms with Crippen LogP contribution in [0.4, 0.5) is 9.52 Å². The molecular formula is C29H25FN2O5S. The van der Waals surface area contributed by atoms with Gasteiger partial charge in [0.2, 0.25) is 0 Å². The molecule has 1 unspecified atom stereocenters. The Morgan fingerprint density at radius 3 is 2.55 bits per heavy atom. The van der Waals surface area contributed by atoms with Crippen LogP contribution in [-0.4, -0.2) is 35.0 Å². The lowest BCUT2D eigenvalue weighted by Gasteiger charge is -2.24. The summed E-state index contributed by atoms with van der Waals surface area (Å²) in [7, 11) is 0. The quantitative estimate of drug-likeness (QED) is 0.164. The molecule has 2 heterocycles. The molecule has 1 saturated heterocycles. The molecule has 38 heavy (non-hydrogen) atoms. The largest absolute Gasteiger partial charge is 0.507 e. The van der Waals surface area contributed by atoms with Crippen LogP contribution in [0.5, 0.6) is 11.5 Å². The minimum atomic E-state index is -1.000. The number of aliphatic hydroxyl groups is 1. The normalized spacial score (nSPS) is 16.8. The Morgan fingerprint density at radius 1 is 1.03 bits per heavy atom. The molecule has 5 rings (SSSR count). The van der Waals surface area contributed by atoms with Crippen molar-refractivity contribution in [2.24, 2.45) is 0 Å². The highest BCUT2D eigenvalue weighted by Gasteiger charge is 2.48. The van der Waals surface area contributed by atoms with Crippen molar-refractivity contribution in [3.05, 3.63) is 89.2 Å². The number of carbonyl (C=O) groups is 2. The van der Waals surface area contributed by atoms with E-state index >= 15 is 0 Å². The molecule has 194 valence electrons. The predicted molar refractivity (Wildman–Crippen MR) is 144 cm³/mol. The molecule has 0 bridgehead atoms. The number of hydrogen-bond donors (Lipinski definition) is 1. The lowest BCUT2D eigenvalue weighted by Crippen LogP contribution is -2.29. The number of nitrogens with zero attached hydrogens (tertiary/aromatic N) is 2. The maximum atomic E-state index is 13.9. The summed E-state index contributed by atoms with van der Waals surface area (Å²) in [4.78, 5) is 32.7. The first-order valence-electron chi connectivity index (χ1n) is 12.2. The molecule has 0 saturated carbocycles. The zero-order chi connectivity index (χ0) is 26.8. The Morgan fingerprint density at radius 2 is 1.82 bits per heavy atom. The summed E-state index contributed by atoms with van der Waals surface area (Å²) >= 11 is 1.09. The lowest BCUT2D eigenvalue weighted by molar-refractivity contribution is -0.132. The van der Waals surface area contributed by atoms with Gasteiger partial charge in [0, 0.05) is 5.56 Å². The summed E-state index contributed by atoms with van der Waals surface area (Å²) < 4.78 is 26.1. The molecule has 1 amide bonds. The van der Waals surface area contributed by atoms with Crippen molar-refractivity contribution >= 4 is 44.1 Å². The fraction of sp³-hybridized carbons (Fsp3) is 0.207. The van der Waals surface area contributed by atoms with Crippen molar-refractivity contribution < 1.29 is 28.6 Å². The van der Waals surface area contributed by atoms with Gasteiger partial charge in [0.15, 0.2) is 16.6 Å². The number of hydrogen-bond acceptors (Lipinski definition) is 7. The van der Waals surface area contributed by atoms with Crippen LogP contribution in [0.3, 0.4) is 0 Å². The first-order chi connectivity index (χ1) is 18.4. The summed E-state index contributed by atoms with van der Waals surface area (Å²) in [5, 5.41) is 11.5. The van der Waals surface area contributed by atoms with Gasteiger partial charge in [-0.1, -0.05) is 54.7 Å². The number of ketones is 1. The van der Waals surface area contributed by atoms with Crippen LogP contribution >= 0.6 is 11.3 Å². The van der Waals surface area contributed by atoms with Crippen LogP contribution in [0.25, 0.3) is 16.0 Å². The zero-order valence-electron chi connectivity index (χ0n) is 20.8. The molecule has 0 radical (unpaired) electrons. The highest BCUT2D eigenvalue weighted by atomic mass is 32.1. The second kappa shape index (κ2) is 10.6. The van der Waals surface area contributed by atoms with E-state index in [1.54, 1.807) is 48.5 Å². The Kier molecular flexibility index (Phi) is 7.11. The molecule has 0 aliphatic carbocycles. The van der Waals surface area contributed by atoms with E-state index in [4.69, 9.17) is 9.47 Å². The number of Topliss-reactive ketones (excluding diaryl/α,β-unsaturated/α-hetero) is 1. The van der Waals surface area contributed by atoms with Crippen molar-refractivity contribution in [3.8, 4) is 11.5 Å². The van der Waals surface area contributed by atoms with E-state index in [9.17, 15) is 19.1 Å². The minimum absolute atomic E-state index is 0.0729. The summed E-state index contributed by atoms with van der Waals surface area (Å²) in [5.74, 6) is -1.42. The number of ether oxygens (including phenoxy) is 2. The van der Waals surface area contributed by atoms with Crippen molar-refractivity contribution in [3.63, 3.8) is 0 Å². The third kappa shape index (κ3) is 4.61. The molecule has 1 aromatic heterocycles. The van der Waals surface area contributed by atoms with Gasteiger partial charge >= 0.3 is 5.91 Å². The number of fused-ring (bicyclic) bond motifs is 1. The average molecular weight is 533 g/mol. The van der Waals surface area contributed by atoms with Gasteiger partial charge in [-0.3, -0.25) is 14.5 Å². The molecular weight excluding hydrogens is 507 g/mol. The van der Waals surface area contributed by atoms with Crippen molar-refractivity contribution in [2.75, 3.05) is 18.1 Å². The maximum absolute atomic E-state index is 13.9. The molecule has 4 aromatic rings. The van der Waals surface area contributed by atoms with Gasteiger partial charge in [0.25, 0.3) is 5.78 Å². The molecule has 7 nitrogen and oxygen atoms in total. The Hall–Kier alpha value is -4.24. The molecule has 1 atom stereocenters. The number of thiazole rings is 1. The first kappa shape index (κ1) is 25.4. The first-order valence-corrected chi connectivity index (χ1v) is 13.1. The Balaban J connectivity index is 1.71. The fourth-order valence-electron chi connectivity index (χ4n) is 4.38. The van der Waals surface area contributed by atoms with Gasteiger partial charge in [0.1, 0.15) is 11.6 Å². The van der Waals surface area contributed by atoms with Crippen LogP contribution in [0.15, 0.2) is 72.3 Å². The highest BCUT2D eigenvalue weighted by Crippen LogP contribution is 2.46. The number of benzene rings is 3. The SMILES string of the molecule is CCCOc1ccc(C2C(=C(O)c3ccccc3)C(=O)C(=O)N2c2nc3ccc(F)cc3s2)cc1OCC. The summed E-state index contributed by atoms with van der Waals surface area (Å²) in [6, 6.07) is 16.9. The van der Waals surface area contributed by atoms with Gasteiger partial charge in [0.05, 0.1) is 35.0 Å². The predicted octanol–water partition coefficient (Wildman–Crippen LogP) is 6.25. The zero-order valence-corrected chi connectivity index (χ0v) is 21.6. The number of anilines is 1.